The highest BCUT2D eigenvalue weighted by molar-refractivity contribution is 7.14. The summed E-state index contributed by atoms with van der Waals surface area (Å²) in [5.74, 6) is -0.509. The molecule has 0 unspecified atom stereocenters. The van der Waals surface area contributed by atoms with Crippen molar-refractivity contribution < 1.29 is 4.79 Å². The number of fused-ring (bicyclic) bond motifs is 1. The summed E-state index contributed by atoms with van der Waals surface area (Å²) < 4.78 is 0.868. The molecule has 1 aromatic carbocycles. The van der Waals surface area contributed by atoms with Gasteiger partial charge in [-0.25, -0.2) is 9.78 Å². The number of pyridine rings is 1. The molecule has 3 heterocycles. The molecule has 3 aromatic heterocycles. The van der Waals surface area contributed by atoms with Crippen LogP contribution in [-0.2, 0) is 11.3 Å². The maximum Gasteiger partial charge on any atom is 0.329 e. The van der Waals surface area contributed by atoms with Crippen LogP contribution in [0.4, 0.5) is 5.13 Å². The van der Waals surface area contributed by atoms with E-state index in [4.69, 9.17) is 0 Å². The van der Waals surface area contributed by atoms with E-state index in [2.05, 4.69) is 20.3 Å². The Hall–Kier alpha value is -3.59. The molecule has 4 rings (SSSR count). The predicted octanol–water partition coefficient (Wildman–Crippen LogP) is 1.85. The molecule has 134 valence electrons. The van der Waals surface area contributed by atoms with Gasteiger partial charge in [0.25, 0.3) is 5.56 Å². The van der Waals surface area contributed by atoms with Gasteiger partial charge < -0.3 is 10.3 Å². The number of hydrogen-bond donors (Lipinski definition) is 2. The fourth-order valence-corrected chi connectivity index (χ4v) is 3.36. The molecule has 9 heteroatoms. The Morgan fingerprint density at radius 2 is 2.04 bits per heavy atom. The molecular weight excluding hydrogens is 366 g/mol. The summed E-state index contributed by atoms with van der Waals surface area (Å²) in [4.78, 5) is 47.9. The van der Waals surface area contributed by atoms with Crippen LogP contribution < -0.4 is 16.6 Å². The normalized spacial score (nSPS) is 10.8. The van der Waals surface area contributed by atoms with Gasteiger partial charge in [0.15, 0.2) is 5.13 Å². The Kier molecular flexibility index (Phi) is 4.35. The molecule has 0 radical (unpaired) electrons. The number of hydrogen-bond acceptors (Lipinski definition) is 6. The van der Waals surface area contributed by atoms with Crippen LogP contribution in [-0.4, -0.2) is 25.4 Å². The van der Waals surface area contributed by atoms with E-state index < -0.39 is 23.7 Å². The lowest BCUT2D eigenvalue weighted by atomic mass is 10.2. The average molecular weight is 379 g/mol. The highest BCUT2D eigenvalue weighted by Crippen LogP contribution is 2.23. The Bertz CT molecular complexity index is 1240. The number of aromatic amines is 1. The lowest BCUT2D eigenvalue weighted by Gasteiger charge is -2.06. The number of para-hydroxylation sites is 1. The van der Waals surface area contributed by atoms with Crippen LogP contribution >= 0.6 is 11.3 Å². The molecule has 27 heavy (non-hydrogen) atoms. The highest BCUT2D eigenvalue weighted by Gasteiger charge is 2.13. The number of H-pyrrole nitrogens is 1. The van der Waals surface area contributed by atoms with E-state index in [1.165, 1.54) is 11.3 Å². The summed E-state index contributed by atoms with van der Waals surface area (Å²) >= 11 is 1.25. The van der Waals surface area contributed by atoms with Crippen LogP contribution in [0.2, 0.25) is 0 Å². The molecule has 0 aliphatic rings. The van der Waals surface area contributed by atoms with Gasteiger partial charge in [0.2, 0.25) is 5.91 Å². The minimum absolute atomic E-state index is 0.345. The number of nitrogens with zero attached hydrogens (tertiary/aromatic N) is 3. The fraction of sp³-hybridized carbons (Fsp3) is 0.0556. The van der Waals surface area contributed by atoms with Gasteiger partial charge in [0, 0.05) is 23.3 Å². The highest BCUT2D eigenvalue weighted by atomic mass is 32.1. The summed E-state index contributed by atoms with van der Waals surface area (Å²) in [6.45, 7) is -0.402. The zero-order valence-corrected chi connectivity index (χ0v) is 14.7. The second kappa shape index (κ2) is 6.96. The number of rotatable bonds is 4. The van der Waals surface area contributed by atoms with Crippen LogP contribution in [0.15, 0.2) is 63.8 Å². The van der Waals surface area contributed by atoms with Crippen LogP contribution in [0, 0.1) is 0 Å². The number of carbonyl (C=O) groups excluding carboxylic acids is 1. The van der Waals surface area contributed by atoms with E-state index in [0.29, 0.717) is 21.7 Å². The second-order valence-corrected chi connectivity index (χ2v) is 6.55. The second-order valence-electron chi connectivity index (χ2n) is 5.69. The Labute approximate surface area is 156 Å². The molecule has 0 spiro atoms. The van der Waals surface area contributed by atoms with Crippen molar-refractivity contribution >= 4 is 33.3 Å². The number of carbonyl (C=O) groups is 1. The van der Waals surface area contributed by atoms with Crippen molar-refractivity contribution in [1.29, 1.82) is 0 Å². The van der Waals surface area contributed by atoms with Gasteiger partial charge in [-0.1, -0.05) is 12.1 Å². The summed E-state index contributed by atoms with van der Waals surface area (Å²) in [5.41, 5.74) is 0.800. The standard InChI is InChI=1S/C18H13N5O3S/c24-15(22-17-20-14(10-27-17)11-4-3-7-19-8-11)9-23-16(25)12-5-1-2-6-13(12)21-18(23)26/h1-8,10H,9H2,(H,21,26)(H,20,22,24). The van der Waals surface area contributed by atoms with Gasteiger partial charge in [-0.2, -0.15) is 0 Å². The maximum absolute atomic E-state index is 12.5. The minimum Gasteiger partial charge on any atom is -0.307 e. The number of amides is 1. The van der Waals surface area contributed by atoms with E-state index in [9.17, 15) is 14.4 Å². The molecule has 0 bridgehead atoms. The monoisotopic (exact) mass is 379 g/mol. The van der Waals surface area contributed by atoms with Gasteiger partial charge in [-0.15, -0.1) is 11.3 Å². The first kappa shape index (κ1) is 16.9. The lowest BCUT2D eigenvalue weighted by molar-refractivity contribution is -0.116. The smallest absolute Gasteiger partial charge is 0.307 e. The van der Waals surface area contributed by atoms with Crippen LogP contribution in [0.25, 0.3) is 22.2 Å². The number of thiazole rings is 1. The third kappa shape index (κ3) is 3.40. The Balaban J connectivity index is 1.56. The first-order chi connectivity index (χ1) is 13.1. The maximum atomic E-state index is 12.5. The quantitative estimate of drug-likeness (QED) is 0.562. The molecule has 0 aliphatic heterocycles. The van der Waals surface area contributed by atoms with Gasteiger partial charge in [0.05, 0.1) is 16.6 Å². The molecule has 0 saturated heterocycles. The van der Waals surface area contributed by atoms with Gasteiger partial charge in [-0.05, 0) is 24.3 Å². The van der Waals surface area contributed by atoms with Crippen molar-refractivity contribution in [3.63, 3.8) is 0 Å². The third-order valence-electron chi connectivity index (χ3n) is 3.90. The van der Waals surface area contributed by atoms with Crippen molar-refractivity contribution in [2.75, 3.05) is 5.32 Å². The molecule has 2 N–H and O–H groups in total. The molecule has 8 nitrogen and oxygen atoms in total. The molecule has 1 amide bonds. The molecule has 0 fully saturated rings. The van der Waals surface area contributed by atoms with Crippen molar-refractivity contribution in [3.05, 3.63) is 75.0 Å². The van der Waals surface area contributed by atoms with Crippen molar-refractivity contribution in [2.45, 2.75) is 6.54 Å². The average Bonchev–Trinajstić information content (AvgIpc) is 3.14. The summed E-state index contributed by atoms with van der Waals surface area (Å²) in [5, 5.41) is 5.14. The predicted molar refractivity (Wildman–Crippen MR) is 103 cm³/mol. The largest absolute Gasteiger partial charge is 0.329 e. The molecular formula is C18H13N5O3S. The number of aromatic nitrogens is 4. The SMILES string of the molecule is O=C(Cn1c(=O)[nH]c2ccccc2c1=O)Nc1nc(-c2cccnc2)cs1. The van der Waals surface area contributed by atoms with Crippen molar-refractivity contribution in [1.82, 2.24) is 19.5 Å². The number of nitrogens with one attached hydrogen (secondary N) is 2. The summed E-state index contributed by atoms with van der Waals surface area (Å²) in [7, 11) is 0. The summed E-state index contributed by atoms with van der Waals surface area (Å²) in [6.07, 6.45) is 3.34. The topological polar surface area (TPSA) is 110 Å². The van der Waals surface area contributed by atoms with E-state index in [0.717, 1.165) is 10.1 Å². The lowest BCUT2D eigenvalue weighted by Crippen LogP contribution is -2.38. The molecule has 0 aliphatic carbocycles. The first-order valence-corrected chi connectivity index (χ1v) is 8.87. The Morgan fingerprint density at radius 3 is 2.85 bits per heavy atom. The first-order valence-electron chi connectivity index (χ1n) is 7.99. The fourth-order valence-electron chi connectivity index (χ4n) is 2.62. The third-order valence-corrected chi connectivity index (χ3v) is 4.66. The van der Waals surface area contributed by atoms with E-state index in [1.807, 2.05) is 6.07 Å². The molecule has 0 atom stereocenters. The number of anilines is 1. The van der Waals surface area contributed by atoms with Gasteiger partial charge >= 0.3 is 5.69 Å². The molecule has 0 saturated carbocycles. The van der Waals surface area contributed by atoms with Crippen molar-refractivity contribution in [3.8, 4) is 11.3 Å². The number of benzene rings is 1. The van der Waals surface area contributed by atoms with Crippen molar-refractivity contribution in [2.24, 2.45) is 0 Å². The van der Waals surface area contributed by atoms with Gasteiger partial charge in [-0.3, -0.25) is 19.1 Å². The summed E-state index contributed by atoms with van der Waals surface area (Å²) in [6, 6.07) is 10.3. The zero-order chi connectivity index (χ0) is 18.8. The Morgan fingerprint density at radius 1 is 1.19 bits per heavy atom. The van der Waals surface area contributed by atoms with E-state index in [1.54, 1.807) is 48.1 Å². The van der Waals surface area contributed by atoms with E-state index >= 15 is 0 Å². The van der Waals surface area contributed by atoms with Crippen LogP contribution in [0.5, 0.6) is 0 Å². The zero-order valence-electron chi connectivity index (χ0n) is 13.9. The molecule has 4 aromatic rings. The van der Waals surface area contributed by atoms with E-state index in [-0.39, 0.29) is 0 Å². The van der Waals surface area contributed by atoms with Crippen LogP contribution in [0.3, 0.4) is 0 Å². The van der Waals surface area contributed by atoms with Gasteiger partial charge in [0.1, 0.15) is 6.54 Å². The minimum atomic E-state index is -0.635. The van der Waals surface area contributed by atoms with Crippen LogP contribution in [0.1, 0.15) is 0 Å².